The van der Waals surface area contributed by atoms with Crippen LogP contribution in [0.15, 0.2) is 40.9 Å². The third-order valence-corrected chi connectivity index (χ3v) is 5.21. The van der Waals surface area contributed by atoms with Crippen LogP contribution in [0, 0.1) is 5.82 Å². The van der Waals surface area contributed by atoms with Crippen LogP contribution >= 0.6 is 15.9 Å². The summed E-state index contributed by atoms with van der Waals surface area (Å²) in [4.78, 5) is 16.0. The summed E-state index contributed by atoms with van der Waals surface area (Å²) in [6.07, 6.45) is -0.382. The summed E-state index contributed by atoms with van der Waals surface area (Å²) in [5, 5.41) is 0. The monoisotopic (exact) mass is 454 g/mol. The van der Waals surface area contributed by atoms with Crippen molar-refractivity contribution in [3.63, 3.8) is 0 Å². The van der Waals surface area contributed by atoms with E-state index in [0.29, 0.717) is 28.8 Å². The lowest BCUT2D eigenvalue weighted by Gasteiger charge is -2.19. The fraction of sp³-hybridized carbons (Fsp3) is 0.263. The molecule has 0 aliphatic carbocycles. The summed E-state index contributed by atoms with van der Waals surface area (Å²) in [6.45, 7) is -1.70. The molecule has 3 aromatic rings. The van der Waals surface area contributed by atoms with Crippen LogP contribution in [0.5, 0.6) is 5.75 Å². The number of ether oxygens (including phenoxy) is 2. The maximum absolute atomic E-state index is 14.0. The molecule has 1 aliphatic heterocycles. The van der Waals surface area contributed by atoms with E-state index in [4.69, 9.17) is 4.74 Å². The molecule has 0 bridgehead atoms. The van der Waals surface area contributed by atoms with Crippen LogP contribution < -0.4 is 4.74 Å². The second-order valence-corrected chi connectivity index (χ2v) is 7.22. The summed E-state index contributed by atoms with van der Waals surface area (Å²) in [5.74, 6) is -0.514. The Morgan fingerprint density at radius 1 is 1.32 bits per heavy atom. The quantitative estimate of drug-likeness (QED) is 0.512. The number of hydrogen-bond donors (Lipinski definition) is 0. The zero-order chi connectivity index (χ0) is 20.0. The molecule has 2 aromatic carbocycles. The minimum absolute atomic E-state index is 0.0277. The third-order valence-electron chi connectivity index (χ3n) is 4.60. The first kappa shape index (κ1) is 18.8. The zero-order valence-electron chi connectivity index (χ0n) is 14.5. The summed E-state index contributed by atoms with van der Waals surface area (Å²) < 4.78 is 51.8. The van der Waals surface area contributed by atoms with Crippen molar-refractivity contribution in [1.29, 1.82) is 0 Å². The van der Waals surface area contributed by atoms with E-state index >= 15 is 0 Å². The van der Waals surface area contributed by atoms with Gasteiger partial charge in [0.15, 0.2) is 11.9 Å². The summed E-state index contributed by atoms with van der Waals surface area (Å²) in [7, 11) is 0. The molecule has 0 amide bonds. The molecule has 28 heavy (non-hydrogen) atoms. The minimum atomic E-state index is -2.98. The van der Waals surface area contributed by atoms with Gasteiger partial charge in [-0.1, -0.05) is 18.2 Å². The molecule has 0 spiro atoms. The van der Waals surface area contributed by atoms with Gasteiger partial charge in [0.1, 0.15) is 11.6 Å². The molecule has 4 rings (SSSR count). The van der Waals surface area contributed by atoms with Gasteiger partial charge < -0.3 is 14.0 Å². The molecule has 0 fully saturated rings. The molecule has 2 atom stereocenters. The maximum atomic E-state index is 14.0. The maximum Gasteiger partial charge on any atom is 0.387 e. The number of nitrogens with zero attached hydrogens (tertiary/aromatic N) is 2. The Labute approximate surface area is 166 Å². The number of alkyl halides is 2. The molecule has 1 aromatic heterocycles. The molecule has 0 saturated carbocycles. The van der Waals surface area contributed by atoms with Crippen molar-refractivity contribution < 1.29 is 27.4 Å². The van der Waals surface area contributed by atoms with Gasteiger partial charge in [-0.15, -0.1) is 0 Å². The number of carbonyl (C=O) groups is 1. The number of para-hydroxylation sites is 1. The number of aromatic nitrogens is 2. The Bertz CT molecular complexity index is 1070. The molecule has 0 N–H and O–H groups in total. The smallest absolute Gasteiger partial charge is 0.387 e. The predicted molar refractivity (Wildman–Crippen MR) is 97.7 cm³/mol. The highest BCUT2D eigenvalue weighted by Gasteiger charge is 2.38. The van der Waals surface area contributed by atoms with E-state index in [-0.39, 0.29) is 10.2 Å². The molecule has 5 nitrogen and oxygen atoms in total. The minimum Gasteiger partial charge on any atom is -0.454 e. The van der Waals surface area contributed by atoms with E-state index in [1.807, 2.05) is 0 Å². The van der Waals surface area contributed by atoms with Crippen molar-refractivity contribution in [2.24, 2.45) is 0 Å². The van der Waals surface area contributed by atoms with E-state index in [2.05, 4.69) is 25.7 Å². The largest absolute Gasteiger partial charge is 0.454 e. The van der Waals surface area contributed by atoms with Gasteiger partial charge in [-0.3, -0.25) is 4.79 Å². The lowest BCUT2D eigenvalue weighted by atomic mass is 10.0. The van der Waals surface area contributed by atoms with Gasteiger partial charge in [0.2, 0.25) is 0 Å². The van der Waals surface area contributed by atoms with E-state index in [1.54, 1.807) is 28.8 Å². The van der Waals surface area contributed by atoms with Crippen LogP contribution in [0.1, 0.15) is 36.9 Å². The molecule has 0 unspecified atom stereocenters. The van der Waals surface area contributed by atoms with Gasteiger partial charge >= 0.3 is 12.6 Å². The fourth-order valence-electron chi connectivity index (χ4n) is 3.60. The Balaban J connectivity index is 1.90. The van der Waals surface area contributed by atoms with Crippen LogP contribution in [0.3, 0.4) is 0 Å². The van der Waals surface area contributed by atoms with Gasteiger partial charge in [-0.2, -0.15) is 8.78 Å². The third kappa shape index (κ3) is 3.23. The number of esters is 1. The van der Waals surface area contributed by atoms with Crippen molar-refractivity contribution in [3.8, 4) is 5.75 Å². The number of halogens is 4. The highest BCUT2D eigenvalue weighted by molar-refractivity contribution is 9.10. The summed E-state index contributed by atoms with van der Waals surface area (Å²) in [5.41, 5.74) is 1.47. The summed E-state index contributed by atoms with van der Waals surface area (Å²) >= 11 is 3.16. The van der Waals surface area contributed by atoms with Gasteiger partial charge in [0.05, 0.1) is 21.5 Å². The topological polar surface area (TPSA) is 53.4 Å². The molecule has 0 radical (unpaired) electrons. The van der Waals surface area contributed by atoms with Gasteiger partial charge in [0, 0.05) is 25.0 Å². The Kier molecular flexibility index (Phi) is 4.78. The normalized spacial score (nSPS) is 18.5. The molecular formula is C19H14BrF3N2O3. The van der Waals surface area contributed by atoms with Gasteiger partial charge in [-0.25, -0.2) is 9.37 Å². The van der Waals surface area contributed by atoms with E-state index < -0.39 is 30.5 Å². The molecule has 0 saturated heterocycles. The van der Waals surface area contributed by atoms with Gasteiger partial charge in [-0.05, 0) is 28.1 Å². The van der Waals surface area contributed by atoms with Crippen molar-refractivity contribution >= 4 is 32.9 Å². The number of benzene rings is 2. The van der Waals surface area contributed by atoms with E-state index in [1.165, 1.54) is 19.1 Å². The van der Waals surface area contributed by atoms with Crippen LogP contribution in [-0.4, -0.2) is 22.1 Å². The van der Waals surface area contributed by atoms with Crippen molar-refractivity contribution in [3.05, 3.63) is 58.1 Å². The Morgan fingerprint density at radius 2 is 2.07 bits per heavy atom. The van der Waals surface area contributed by atoms with E-state index in [0.717, 1.165) is 0 Å². The first-order valence-corrected chi connectivity index (χ1v) is 9.22. The lowest BCUT2D eigenvalue weighted by molar-refractivity contribution is -0.146. The van der Waals surface area contributed by atoms with Crippen LogP contribution in [0.2, 0.25) is 0 Å². The van der Waals surface area contributed by atoms with E-state index in [9.17, 15) is 18.0 Å². The highest BCUT2D eigenvalue weighted by atomic mass is 79.9. The second kappa shape index (κ2) is 7.12. The molecule has 2 heterocycles. The van der Waals surface area contributed by atoms with Crippen LogP contribution in [0.4, 0.5) is 13.2 Å². The summed E-state index contributed by atoms with van der Waals surface area (Å²) in [6, 6.07) is 8.80. The Morgan fingerprint density at radius 3 is 2.79 bits per heavy atom. The SMILES string of the molecule is CC(=O)O[C@@H]1C[C@H](c2ccccc2OC(F)F)n2c1nc1cc(F)c(Br)cc12. The van der Waals surface area contributed by atoms with Crippen LogP contribution in [-0.2, 0) is 9.53 Å². The molecule has 9 heteroatoms. The van der Waals surface area contributed by atoms with Crippen molar-refractivity contribution in [1.82, 2.24) is 9.55 Å². The highest BCUT2D eigenvalue weighted by Crippen LogP contribution is 2.46. The zero-order valence-corrected chi connectivity index (χ0v) is 16.1. The number of carbonyl (C=O) groups excluding carboxylic acids is 1. The second-order valence-electron chi connectivity index (χ2n) is 6.36. The van der Waals surface area contributed by atoms with Crippen molar-refractivity contribution in [2.45, 2.75) is 32.1 Å². The average Bonchev–Trinajstić information content (AvgIpc) is 3.13. The molecular weight excluding hydrogens is 441 g/mol. The number of hydrogen-bond acceptors (Lipinski definition) is 4. The van der Waals surface area contributed by atoms with Crippen molar-refractivity contribution in [2.75, 3.05) is 0 Å². The molecule has 146 valence electrons. The average molecular weight is 455 g/mol. The first-order chi connectivity index (χ1) is 13.3. The first-order valence-electron chi connectivity index (χ1n) is 8.43. The number of imidazole rings is 1. The van der Waals surface area contributed by atoms with Crippen LogP contribution in [0.25, 0.3) is 11.0 Å². The molecule has 1 aliphatic rings. The predicted octanol–water partition coefficient (Wildman–Crippen LogP) is 5.14. The Hall–Kier alpha value is -2.55. The standard InChI is InChI=1S/C19H14BrF3N2O3/c1-9(26)27-17-8-14(10-4-2-3-5-16(10)28-19(22)23)25-15-6-11(20)12(21)7-13(15)24-18(17)25/h2-7,14,17,19H,8H2,1H3/t14-,17-/m1/s1. The number of fused-ring (bicyclic) bond motifs is 3. The fourth-order valence-corrected chi connectivity index (χ4v) is 3.93. The lowest BCUT2D eigenvalue weighted by Crippen LogP contribution is -2.10. The van der Waals surface area contributed by atoms with Gasteiger partial charge in [0.25, 0.3) is 0 Å². The number of rotatable bonds is 4.